The maximum Gasteiger partial charge on any atom is 0.410 e. The van der Waals surface area contributed by atoms with E-state index in [9.17, 15) is 4.79 Å². The first-order valence-electron chi connectivity index (χ1n) is 7.33. The maximum absolute atomic E-state index is 12.5. The maximum atomic E-state index is 12.5. The van der Waals surface area contributed by atoms with Gasteiger partial charge in [-0.05, 0) is 44.7 Å². The van der Waals surface area contributed by atoms with Gasteiger partial charge < -0.3 is 4.74 Å². The van der Waals surface area contributed by atoms with Gasteiger partial charge in [0.15, 0.2) is 0 Å². The molecule has 0 saturated heterocycles. The topological polar surface area (TPSA) is 42.4 Å². The Morgan fingerprint density at radius 3 is 2.71 bits per heavy atom. The highest BCUT2D eigenvalue weighted by atomic mass is 35.5. The van der Waals surface area contributed by atoms with Crippen LogP contribution in [0, 0.1) is 5.92 Å². The molecule has 1 atom stereocenters. The highest BCUT2D eigenvalue weighted by Gasteiger charge is 2.36. The molecule has 21 heavy (non-hydrogen) atoms. The molecule has 1 aliphatic rings. The third kappa shape index (κ3) is 3.67. The zero-order valence-corrected chi connectivity index (χ0v) is 14.1. The molecule has 4 nitrogen and oxygen atoms in total. The van der Waals surface area contributed by atoms with Gasteiger partial charge in [-0.25, -0.2) is 4.79 Å². The number of ether oxygens (including phenoxy) is 1. The van der Waals surface area contributed by atoms with E-state index in [1.54, 1.807) is 11.1 Å². The molecule has 116 valence electrons. The fourth-order valence-corrected chi connectivity index (χ4v) is 2.87. The van der Waals surface area contributed by atoms with Crippen molar-refractivity contribution in [1.29, 1.82) is 0 Å². The van der Waals surface area contributed by atoms with E-state index >= 15 is 0 Å². The summed E-state index contributed by atoms with van der Waals surface area (Å²) in [5.74, 6) is 0.255. The first kappa shape index (κ1) is 16.1. The van der Waals surface area contributed by atoms with Gasteiger partial charge in [-0.1, -0.05) is 25.4 Å². The molecule has 0 saturated carbocycles. The summed E-state index contributed by atoms with van der Waals surface area (Å²) < 4.78 is 5.53. The Hall–Kier alpha value is -1.29. The minimum atomic E-state index is -0.494. The van der Waals surface area contributed by atoms with Crippen molar-refractivity contribution >= 4 is 17.7 Å². The van der Waals surface area contributed by atoms with Crippen molar-refractivity contribution in [3.63, 3.8) is 0 Å². The van der Waals surface area contributed by atoms with Crippen molar-refractivity contribution in [1.82, 2.24) is 9.88 Å². The Labute approximate surface area is 131 Å². The lowest BCUT2D eigenvalue weighted by molar-refractivity contribution is 0.00811. The normalized spacial score (nSPS) is 18.6. The summed E-state index contributed by atoms with van der Waals surface area (Å²) >= 11 is 6.02. The van der Waals surface area contributed by atoms with Crippen LogP contribution in [-0.2, 0) is 11.2 Å². The Morgan fingerprint density at radius 1 is 1.48 bits per heavy atom. The number of aromatic nitrogens is 1. The molecule has 0 bridgehead atoms. The summed E-state index contributed by atoms with van der Waals surface area (Å²) in [6.45, 7) is 10.5. The van der Waals surface area contributed by atoms with E-state index in [-0.39, 0.29) is 18.1 Å². The highest BCUT2D eigenvalue weighted by Crippen LogP contribution is 2.35. The number of carbonyl (C=O) groups is 1. The van der Waals surface area contributed by atoms with Gasteiger partial charge in [0.2, 0.25) is 0 Å². The van der Waals surface area contributed by atoms with Crippen LogP contribution >= 0.6 is 11.6 Å². The van der Waals surface area contributed by atoms with Crippen LogP contribution in [0.25, 0.3) is 0 Å². The molecule has 1 unspecified atom stereocenters. The van der Waals surface area contributed by atoms with Crippen LogP contribution in [0.15, 0.2) is 12.3 Å². The molecular formula is C16H23ClN2O2. The number of carbonyl (C=O) groups excluding carboxylic acids is 1. The van der Waals surface area contributed by atoms with Crippen molar-refractivity contribution in [2.75, 3.05) is 6.54 Å². The van der Waals surface area contributed by atoms with E-state index in [1.165, 1.54) is 0 Å². The predicted octanol–water partition coefficient (Wildman–Crippen LogP) is 4.23. The number of halogens is 1. The average Bonchev–Trinajstić information content (AvgIpc) is 2.34. The Morgan fingerprint density at radius 2 is 2.14 bits per heavy atom. The number of pyridine rings is 1. The number of fused-ring (bicyclic) bond motifs is 1. The van der Waals surface area contributed by atoms with E-state index in [1.807, 2.05) is 26.8 Å². The molecule has 0 N–H and O–H groups in total. The zero-order valence-electron chi connectivity index (χ0n) is 13.3. The molecule has 1 aliphatic heterocycles. The van der Waals surface area contributed by atoms with Crippen LogP contribution in [0.1, 0.15) is 51.9 Å². The third-order valence-electron chi connectivity index (χ3n) is 3.47. The Kier molecular flexibility index (Phi) is 4.47. The second-order valence-corrected chi connectivity index (χ2v) is 7.25. The van der Waals surface area contributed by atoms with E-state index < -0.39 is 5.60 Å². The fourth-order valence-electron chi connectivity index (χ4n) is 2.69. The lowest BCUT2D eigenvalue weighted by atomic mass is 9.90. The van der Waals surface area contributed by atoms with Gasteiger partial charge in [0, 0.05) is 12.7 Å². The van der Waals surface area contributed by atoms with Crippen molar-refractivity contribution in [3.05, 3.63) is 28.5 Å². The SMILES string of the molecule is CC(C)C1c2ncc(Cl)cc2CCN1C(=O)OC(C)(C)C. The molecule has 2 heterocycles. The predicted molar refractivity (Wildman–Crippen MR) is 83.5 cm³/mol. The molecule has 0 spiro atoms. The number of rotatable bonds is 1. The third-order valence-corrected chi connectivity index (χ3v) is 3.67. The van der Waals surface area contributed by atoms with Gasteiger partial charge in [0.1, 0.15) is 5.60 Å². The van der Waals surface area contributed by atoms with Crippen LogP contribution in [0.3, 0.4) is 0 Å². The van der Waals surface area contributed by atoms with Crippen molar-refractivity contribution in [2.24, 2.45) is 5.92 Å². The lowest BCUT2D eigenvalue weighted by Crippen LogP contribution is -2.45. The minimum Gasteiger partial charge on any atom is -0.444 e. The van der Waals surface area contributed by atoms with Gasteiger partial charge in [-0.3, -0.25) is 9.88 Å². The molecule has 0 fully saturated rings. The van der Waals surface area contributed by atoms with E-state index in [0.29, 0.717) is 11.6 Å². The van der Waals surface area contributed by atoms with Gasteiger partial charge in [0.05, 0.1) is 16.8 Å². The molecule has 5 heteroatoms. The van der Waals surface area contributed by atoms with Crippen molar-refractivity contribution in [2.45, 2.75) is 52.7 Å². The first-order valence-corrected chi connectivity index (χ1v) is 7.71. The number of amides is 1. The lowest BCUT2D eigenvalue weighted by Gasteiger charge is -2.39. The highest BCUT2D eigenvalue weighted by molar-refractivity contribution is 6.30. The summed E-state index contributed by atoms with van der Waals surface area (Å²) in [4.78, 5) is 18.7. The smallest absolute Gasteiger partial charge is 0.410 e. The molecule has 0 aliphatic carbocycles. The van der Waals surface area contributed by atoms with Crippen LogP contribution in [-0.4, -0.2) is 28.1 Å². The summed E-state index contributed by atoms with van der Waals surface area (Å²) in [7, 11) is 0. The summed E-state index contributed by atoms with van der Waals surface area (Å²) in [5.41, 5.74) is 1.57. The molecular weight excluding hydrogens is 288 g/mol. The molecule has 0 aromatic carbocycles. The van der Waals surface area contributed by atoms with Crippen LogP contribution < -0.4 is 0 Å². The molecule has 2 rings (SSSR count). The number of nitrogens with zero attached hydrogens (tertiary/aromatic N) is 2. The number of hydrogen-bond acceptors (Lipinski definition) is 3. The standard InChI is InChI=1S/C16H23ClN2O2/c1-10(2)14-13-11(8-12(17)9-18-13)6-7-19(14)15(20)21-16(3,4)5/h8-10,14H,6-7H2,1-5H3. The average molecular weight is 311 g/mol. The van der Waals surface area contributed by atoms with Gasteiger partial charge >= 0.3 is 6.09 Å². The van der Waals surface area contributed by atoms with Crippen LogP contribution in [0.2, 0.25) is 5.02 Å². The summed E-state index contributed by atoms with van der Waals surface area (Å²) in [5, 5.41) is 0.641. The van der Waals surface area contributed by atoms with E-state index in [4.69, 9.17) is 16.3 Å². The largest absolute Gasteiger partial charge is 0.444 e. The van der Waals surface area contributed by atoms with E-state index in [2.05, 4.69) is 18.8 Å². The Bertz CT molecular complexity index is 538. The van der Waals surface area contributed by atoms with Crippen molar-refractivity contribution < 1.29 is 9.53 Å². The van der Waals surface area contributed by atoms with Crippen LogP contribution in [0.5, 0.6) is 0 Å². The summed E-state index contributed by atoms with van der Waals surface area (Å²) in [6.07, 6.45) is 2.13. The minimum absolute atomic E-state index is 0.0686. The number of hydrogen-bond donors (Lipinski definition) is 0. The molecule has 1 aromatic rings. The van der Waals surface area contributed by atoms with Gasteiger partial charge in [-0.2, -0.15) is 0 Å². The second-order valence-electron chi connectivity index (χ2n) is 6.81. The second kappa shape index (κ2) is 5.84. The summed E-state index contributed by atoms with van der Waals surface area (Å²) in [6, 6.07) is 1.88. The monoisotopic (exact) mass is 310 g/mol. The molecule has 1 aromatic heterocycles. The fraction of sp³-hybridized carbons (Fsp3) is 0.625. The first-order chi connectivity index (χ1) is 9.69. The van der Waals surface area contributed by atoms with Crippen LogP contribution in [0.4, 0.5) is 4.79 Å². The Balaban J connectivity index is 2.32. The zero-order chi connectivity index (χ0) is 15.8. The van der Waals surface area contributed by atoms with E-state index in [0.717, 1.165) is 17.7 Å². The van der Waals surface area contributed by atoms with Gasteiger partial charge in [-0.15, -0.1) is 0 Å². The quantitative estimate of drug-likeness (QED) is 0.779. The molecule has 0 radical (unpaired) electrons. The van der Waals surface area contributed by atoms with Gasteiger partial charge in [0.25, 0.3) is 0 Å². The molecule has 1 amide bonds. The van der Waals surface area contributed by atoms with Crippen molar-refractivity contribution in [3.8, 4) is 0 Å².